The van der Waals surface area contributed by atoms with Crippen molar-refractivity contribution in [3.63, 3.8) is 0 Å². The molecule has 2 aromatic rings. The standard InChI is InChI=1S/C11H10ClN3O/c12-7-3-4-9-8(6-7)11(14-16)13-10-2-1-5-15(9)10/h3-4,6,16H,1-2,5H2/b14-11-. The van der Waals surface area contributed by atoms with Crippen LogP contribution in [0.2, 0.25) is 5.02 Å². The summed E-state index contributed by atoms with van der Waals surface area (Å²) in [6, 6.07) is 5.57. The van der Waals surface area contributed by atoms with E-state index in [-0.39, 0.29) is 0 Å². The molecular formula is C11H10ClN3O. The Morgan fingerprint density at radius 2 is 2.31 bits per heavy atom. The number of aromatic nitrogens is 2. The van der Waals surface area contributed by atoms with Crippen LogP contribution >= 0.6 is 11.6 Å². The summed E-state index contributed by atoms with van der Waals surface area (Å²) in [6.45, 7) is 0.964. The first-order chi connectivity index (χ1) is 7.79. The van der Waals surface area contributed by atoms with Crippen molar-refractivity contribution in [3.8, 4) is 0 Å². The SMILES string of the molecule is O/N=c1\nc2n(c3ccc(Cl)cc13)CCC2. The van der Waals surface area contributed by atoms with Gasteiger partial charge in [0.2, 0.25) is 5.49 Å². The number of aryl methyl sites for hydroxylation is 2. The molecule has 0 saturated carbocycles. The fraction of sp³-hybridized carbons (Fsp3) is 0.273. The minimum Gasteiger partial charge on any atom is -0.409 e. The summed E-state index contributed by atoms with van der Waals surface area (Å²) in [5.74, 6) is 0.975. The van der Waals surface area contributed by atoms with Crippen molar-refractivity contribution < 1.29 is 5.21 Å². The monoisotopic (exact) mass is 235 g/mol. The zero-order valence-corrected chi connectivity index (χ0v) is 9.28. The molecule has 0 spiro atoms. The van der Waals surface area contributed by atoms with Gasteiger partial charge in [-0.05, 0) is 24.6 Å². The van der Waals surface area contributed by atoms with Crippen LogP contribution in [-0.4, -0.2) is 14.8 Å². The van der Waals surface area contributed by atoms with Gasteiger partial charge in [-0.1, -0.05) is 16.8 Å². The van der Waals surface area contributed by atoms with E-state index in [0.717, 1.165) is 36.1 Å². The molecule has 0 bridgehead atoms. The second-order valence-corrected chi connectivity index (χ2v) is 4.30. The van der Waals surface area contributed by atoms with Gasteiger partial charge in [-0.15, -0.1) is 0 Å². The predicted octanol–water partition coefficient (Wildman–Crippen LogP) is 1.93. The molecule has 0 unspecified atom stereocenters. The Morgan fingerprint density at radius 1 is 1.44 bits per heavy atom. The second kappa shape index (κ2) is 3.49. The molecule has 0 atom stereocenters. The number of nitrogens with zero attached hydrogens (tertiary/aromatic N) is 3. The number of rotatable bonds is 0. The first-order valence-corrected chi connectivity index (χ1v) is 5.54. The molecule has 3 rings (SSSR count). The van der Waals surface area contributed by atoms with Crippen molar-refractivity contribution in [3.05, 3.63) is 34.5 Å². The molecule has 1 N–H and O–H groups in total. The summed E-state index contributed by atoms with van der Waals surface area (Å²) in [6.07, 6.45) is 2.01. The Bertz CT molecular complexity index is 633. The lowest BCUT2D eigenvalue weighted by Gasteiger charge is -2.08. The van der Waals surface area contributed by atoms with Crippen LogP contribution in [0, 0.1) is 0 Å². The molecule has 82 valence electrons. The van der Waals surface area contributed by atoms with E-state index in [9.17, 15) is 0 Å². The lowest BCUT2D eigenvalue weighted by molar-refractivity contribution is 0.299. The fourth-order valence-corrected chi connectivity index (χ4v) is 2.39. The Kier molecular flexibility index (Phi) is 2.11. The van der Waals surface area contributed by atoms with E-state index in [2.05, 4.69) is 14.7 Å². The Labute approximate surface area is 96.8 Å². The van der Waals surface area contributed by atoms with E-state index in [1.807, 2.05) is 12.1 Å². The molecule has 0 amide bonds. The summed E-state index contributed by atoms with van der Waals surface area (Å²) in [5, 5.41) is 13.6. The minimum atomic E-state index is 0.352. The Balaban J connectivity index is 2.51. The van der Waals surface area contributed by atoms with Crippen LogP contribution in [0.3, 0.4) is 0 Å². The van der Waals surface area contributed by atoms with Crippen LogP contribution in [0.1, 0.15) is 12.2 Å². The topological polar surface area (TPSA) is 50.4 Å². The summed E-state index contributed by atoms with van der Waals surface area (Å²) in [7, 11) is 0. The molecule has 1 aliphatic rings. The second-order valence-electron chi connectivity index (χ2n) is 3.87. The molecule has 1 aromatic heterocycles. The van der Waals surface area contributed by atoms with Crippen LogP contribution in [0.5, 0.6) is 0 Å². The van der Waals surface area contributed by atoms with Gasteiger partial charge in [0.25, 0.3) is 0 Å². The molecule has 16 heavy (non-hydrogen) atoms. The number of halogens is 1. The summed E-state index contributed by atoms with van der Waals surface area (Å²) < 4.78 is 2.15. The van der Waals surface area contributed by atoms with E-state index in [4.69, 9.17) is 16.8 Å². The molecule has 5 heteroatoms. The van der Waals surface area contributed by atoms with Gasteiger partial charge in [0.1, 0.15) is 5.82 Å². The molecule has 1 aromatic carbocycles. The average Bonchev–Trinajstić information content (AvgIpc) is 2.75. The van der Waals surface area contributed by atoms with E-state index < -0.39 is 0 Å². The molecule has 1 aliphatic heterocycles. The zero-order chi connectivity index (χ0) is 11.1. The van der Waals surface area contributed by atoms with Crippen molar-refractivity contribution in [2.45, 2.75) is 19.4 Å². The maximum atomic E-state index is 8.97. The van der Waals surface area contributed by atoms with E-state index in [1.54, 1.807) is 6.07 Å². The predicted molar refractivity (Wildman–Crippen MR) is 60.4 cm³/mol. The van der Waals surface area contributed by atoms with Gasteiger partial charge in [-0.2, -0.15) is 0 Å². The van der Waals surface area contributed by atoms with Crippen molar-refractivity contribution in [1.82, 2.24) is 9.55 Å². The highest BCUT2D eigenvalue weighted by atomic mass is 35.5. The fourth-order valence-electron chi connectivity index (χ4n) is 2.22. The quantitative estimate of drug-likeness (QED) is 0.560. The molecule has 0 saturated heterocycles. The van der Waals surface area contributed by atoms with Crippen molar-refractivity contribution >= 4 is 22.5 Å². The van der Waals surface area contributed by atoms with Crippen LogP contribution < -0.4 is 5.49 Å². The molecule has 0 radical (unpaired) electrons. The first kappa shape index (κ1) is 9.66. The lowest BCUT2D eigenvalue weighted by atomic mass is 10.2. The number of hydrogen-bond acceptors (Lipinski definition) is 3. The molecule has 0 fully saturated rings. The van der Waals surface area contributed by atoms with Crippen molar-refractivity contribution in [1.29, 1.82) is 0 Å². The van der Waals surface area contributed by atoms with E-state index >= 15 is 0 Å². The highest BCUT2D eigenvalue weighted by Crippen LogP contribution is 2.21. The molecule has 4 nitrogen and oxygen atoms in total. The number of fused-ring (bicyclic) bond motifs is 3. The van der Waals surface area contributed by atoms with E-state index in [1.165, 1.54) is 0 Å². The van der Waals surface area contributed by atoms with Gasteiger partial charge in [0, 0.05) is 23.4 Å². The third-order valence-corrected chi connectivity index (χ3v) is 3.15. The van der Waals surface area contributed by atoms with Gasteiger partial charge < -0.3 is 9.77 Å². The maximum absolute atomic E-state index is 8.97. The first-order valence-electron chi connectivity index (χ1n) is 5.16. The highest BCUT2D eigenvalue weighted by molar-refractivity contribution is 6.31. The average molecular weight is 236 g/mol. The Morgan fingerprint density at radius 3 is 3.12 bits per heavy atom. The zero-order valence-electron chi connectivity index (χ0n) is 8.52. The minimum absolute atomic E-state index is 0.352. The largest absolute Gasteiger partial charge is 0.409 e. The van der Waals surface area contributed by atoms with Crippen molar-refractivity contribution in [2.75, 3.05) is 0 Å². The molecule has 2 heterocycles. The summed E-state index contributed by atoms with van der Waals surface area (Å²) in [5.41, 5.74) is 1.38. The summed E-state index contributed by atoms with van der Waals surface area (Å²) >= 11 is 5.94. The van der Waals surface area contributed by atoms with Gasteiger partial charge >= 0.3 is 0 Å². The smallest absolute Gasteiger partial charge is 0.202 e. The van der Waals surface area contributed by atoms with Crippen LogP contribution in [0.15, 0.2) is 23.4 Å². The molecular weight excluding hydrogens is 226 g/mol. The van der Waals surface area contributed by atoms with Gasteiger partial charge in [0.05, 0.1) is 5.52 Å². The summed E-state index contributed by atoms with van der Waals surface area (Å²) in [4.78, 5) is 4.33. The maximum Gasteiger partial charge on any atom is 0.202 e. The lowest BCUT2D eigenvalue weighted by Crippen LogP contribution is -2.16. The van der Waals surface area contributed by atoms with Crippen LogP contribution in [0.4, 0.5) is 0 Å². The normalized spacial score (nSPS) is 15.7. The molecule has 0 aliphatic carbocycles. The van der Waals surface area contributed by atoms with Crippen LogP contribution in [0.25, 0.3) is 10.9 Å². The van der Waals surface area contributed by atoms with Crippen molar-refractivity contribution in [2.24, 2.45) is 5.16 Å². The third-order valence-electron chi connectivity index (χ3n) is 2.91. The van der Waals surface area contributed by atoms with Gasteiger partial charge in [-0.3, -0.25) is 0 Å². The highest BCUT2D eigenvalue weighted by Gasteiger charge is 2.14. The van der Waals surface area contributed by atoms with Gasteiger partial charge in [-0.25, -0.2) is 4.98 Å². The Hall–Kier alpha value is -1.55. The van der Waals surface area contributed by atoms with E-state index in [0.29, 0.717) is 10.5 Å². The van der Waals surface area contributed by atoms with Gasteiger partial charge in [0.15, 0.2) is 0 Å². The number of hydrogen-bond donors (Lipinski definition) is 1. The van der Waals surface area contributed by atoms with Crippen LogP contribution in [-0.2, 0) is 13.0 Å². The third kappa shape index (κ3) is 1.30. The number of benzene rings is 1.